The first-order valence-corrected chi connectivity index (χ1v) is 5.48. The molecule has 0 heterocycles. The van der Waals surface area contributed by atoms with Gasteiger partial charge in [-0.15, -0.1) is 0 Å². The lowest BCUT2D eigenvalue weighted by atomic mass is 10.1. The maximum Gasteiger partial charge on any atom is 0.196 e. The van der Waals surface area contributed by atoms with Gasteiger partial charge in [0, 0.05) is 6.04 Å². The summed E-state index contributed by atoms with van der Waals surface area (Å²) in [4.78, 5) is 0. The summed E-state index contributed by atoms with van der Waals surface area (Å²) in [7, 11) is 0. The third-order valence-corrected chi connectivity index (χ3v) is 2.82. The fraction of sp³-hybridized carbons (Fsp3) is 0.500. The van der Waals surface area contributed by atoms with E-state index in [9.17, 15) is 13.2 Å². The molecule has 1 unspecified atom stereocenters. The number of halogens is 3. The fourth-order valence-corrected chi connectivity index (χ4v) is 1.82. The molecule has 1 aromatic rings. The maximum atomic E-state index is 13.3. The van der Waals surface area contributed by atoms with Crippen LogP contribution in [0.4, 0.5) is 18.9 Å². The highest BCUT2D eigenvalue weighted by Crippen LogP contribution is 2.34. The molecule has 0 amide bonds. The van der Waals surface area contributed by atoms with Crippen LogP contribution in [0.15, 0.2) is 12.1 Å². The molecule has 1 fully saturated rings. The predicted octanol–water partition coefficient (Wildman–Crippen LogP) is 3.70. The highest BCUT2D eigenvalue weighted by molar-refractivity contribution is 5.46. The predicted molar refractivity (Wildman–Crippen MR) is 56.7 cm³/mol. The minimum atomic E-state index is -1.41. The van der Waals surface area contributed by atoms with Crippen molar-refractivity contribution in [3.63, 3.8) is 0 Å². The van der Waals surface area contributed by atoms with Crippen LogP contribution in [0.5, 0.6) is 0 Å². The van der Waals surface area contributed by atoms with Crippen LogP contribution in [-0.2, 0) is 0 Å². The van der Waals surface area contributed by atoms with E-state index in [4.69, 9.17) is 0 Å². The Morgan fingerprint density at radius 2 is 1.94 bits per heavy atom. The van der Waals surface area contributed by atoms with E-state index in [1.165, 1.54) is 18.9 Å². The number of rotatable bonds is 4. The van der Waals surface area contributed by atoms with Crippen LogP contribution in [0.25, 0.3) is 0 Å². The van der Waals surface area contributed by atoms with Gasteiger partial charge in [0.1, 0.15) is 0 Å². The molecule has 1 aliphatic carbocycles. The second-order valence-corrected chi connectivity index (χ2v) is 4.45. The monoisotopic (exact) mass is 229 g/mol. The van der Waals surface area contributed by atoms with Gasteiger partial charge in [-0.2, -0.15) is 0 Å². The van der Waals surface area contributed by atoms with E-state index in [-0.39, 0.29) is 11.7 Å². The van der Waals surface area contributed by atoms with E-state index in [1.807, 2.05) is 6.92 Å². The lowest BCUT2D eigenvalue weighted by Crippen LogP contribution is -2.17. The van der Waals surface area contributed by atoms with Crippen LogP contribution in [0.1, 0.15) is 26.2 Å². The number of nitrogens with one attached hydrogen (secondary N) is 1. The first kappa shape index (κ1) is 11.3. The molecule has 1 aliphatic rings. The van der Waals surface area contributed by atoms with E-state index in [0.29, 0.717) is 5.92 Å². The molecule has 1 N–H and O–H groups in total. The SMILES string of the molecule is CC(CC1CC1)Nc1ccc(F)c(F)c1F. The summed E-state index contributed by atoms with van der Waals surface area (Å²) < 4.78 is 38.9. The van der Waals surface area contributed by atoms with Crippen molar-refractivity contribution in [3.05, 3.63) is 29.6 Å². The Morgan fingerprint density at radius 3 is 2.56 bits per heavy atom. The van der Waals surface area contributed by atoms with Crippen molar-refractivity contribution in [2.24, 2.45) is 5.92 Å². The number of benzene rings is 1. The summed E-state index contributed by atoms with van der Waals surface area (Å²) in [5.41, 5.74) is 0.0343. The average Bonchev–Trinajstić information content (AvgIpc) is 3.03. The summed E-state index contributed by atoms with van der Waals surface area (Å²) in [6, 6.07) is 2.24. The molecular formula is C12H14F3N. The molecule has 4 heteroatoms. The lowest BCUT2D eigenvalue weighted by molar-refractivity contribution is 0.448. The second kappa shape index (κ2) is 4.36. The molecular weight excluding hydrogens is 215 g/mol. The van der Waals surface area contributed by atoms with Crippen LogP contribution in [-0.4, -0.2) is 6.04 Å². The molecule has 0 bridgehead atoms. The van der Waals surface area contributed by atoms with Crippen molar-refractivity contribution < 1.29 is 13.2 Å². The molecule has 0 saturated heterocycles. The van der Waals surface area contributed by atoms with Gasteiger partial charge in [0.2, 0.25) is 0 Å². The molecule has 0 radical (unpaired) electrons. The van der Waals surface area contributed by atoms with E-state index < -0.39 is 17.5 Å². The molecule has 1 aromatic carbocycles. The molecule has 0 aromatic heterocycles. The van der Waals surface area contributed by atoms with Crippen LogP contribution in [0, 0.1) is 23.4 Å². The van der Waals surface area contributed by atoms with Crippen LogP contribution in [0.2, 0.25) is 0 Å². The average molecular weight is 229 g/mol. The Kier molecular flexibility index (Phi) is 3.08. The molecule has 0 aliphatic heterocycles. The van der Waals surface area contributed by atoms with Gasteiger partial charge in [-0.1, -0.05) is 12.8 Å². The minimum absolute atomic E-state index is 0.0343. The number of hydrogen-bond acceptors (Lipinski definition) is 1. The highest BCUT2D eigenvalue weighted by Gasteiger charge is 2.24. The zero-order valence-corrected chi connectivity index (χ0v) is 9.06. The molecule has 2 rings (SSSR count). The molecule has 0 spiro atoms. The number of hydrogen-bond donors (Lipinski definition) is 1. The zero-order valence-electron chi connectivity index (χ0n) is 9.06. The standard InChI is InChI=1S/C12H14F3N/c1-7(6-8-2-3-8)16-10-5-4-9(13)11(14)12(10)15/h4-5,7-8,16H,2-3,6H2,1H3. The van der Waals surface area contributed by atoms with Gasteiger partial charge < -0.3 is 5.32 Å². The molecule has 1 atom stereocenters. The van der Waals surface area contributed by atoms with E-state index >= 15 is 0 Å². The second-order valence-electron chi connectivity index (χ2n) is 4.45. The first-order chi connectivity index (χ1) is 7.58. The van der Waals surface area contributed by atoms with Gasteiger partial charge in [0.05, 0.1) is 5.69 Å². The van der Waals surface area contributed by atoms with Gasteiger partial charge >= 0.3 is 0 Å². The van der Waals surface area contributed by atoms with Crippen LogP contribution >= 0.6 is 0 Å². The van der Waals surface area contributed by atoms with Crippen LogP contribution < -0.4 is 5.32 Å². The van der Waals surface area contributed by atoms with Crippen molar-refractivity contribution in [1.82, 2.24) is 0 Å². The smallest absolute Gasteiger partial charge is 0.196 e. The highest BCUT2D eigenvalue weighted by atomic mass is 19.2. The van der Waals surface area contributed by atoms with Gasteiger partial charge in [-0.25, -0.2) is 13.2 Å². The van der Waals surface area contributed by atoms with Gasteiger partial charge in [0.15, 0.2) is 17.5 Å². The zero-order chi connectivity index (χ0) is 11.7. The Bertz CT molecular complexity index is 388. The quantitative estimate of drug-likeness (QED) is 0.776. The summed E-state index contributed by atoms with van der Waals surface area (Å²) in [6.45, 7) is 1.92. The summed E-state index contributed by atoms with van der Waals surface area (Å²) in [6.07, 6.45) is 3.37. The summed E-state index contributed by atoms with van der Waals surface area (Å²) in [5, 5.41) is 2.87. The number of anilines is 1. The largest absolute Gasteiger partial charge is 0.380 e. The Balaban J connectivity index is 2.05. The van der Waals surface area contributed by atoms with Gasteiger partial charge in [0.25, 0.3) is 0 Å². The Morgan fingerprint density at radius 1 is 1.25 bits per heavy atom. The van der Waals surface area contributed by atoms with Gasteiger partial charge in [-0.3, -0.25) is 0 Å². The fourth-order valence-electron chi connectivity index (χ4n) is 1.82. The van der Waals surface area contributed by atoms with E-state index in [2.05, 4.69) is 5.32 Å². The maximum absolute atomic E-state index is 13.3. The summed E-state index contributed by atoms with van der Waals surface area (Å²) >= 11 is 0. The first-order valence-electron chi connectivity index (χ1n) is 5.48. The molecule has 1 saturated carbocycles. The van der Waals surface area contributed by atoms with Crippen molar-refractivity contribution in [3.8, 4) is 0 Å². The van der Waals surface area contributed by atoms with Gasteiger partial charge in [-0.05, 0) is 31.4 Å². The summed E-state index contributed by atoms with van der Waals surface area (Å²) in [5.74, 6) is -3.00. The Labute approximate surface area is 92.7 Å². The third-order valence-electron chi connectivity index (χ3n) is 2.82. The topological polar surface area (TPSA) is 12.0 Å². The molecule has 88 valence electrons. The molecule has 16 heavy (non-hydrogen) atoms. The normalized spacial score (nSPS) is 17.2. The third kappa shape index (κ3) is 2.49. The van der Waals surface area contributed by atoms with E-state index in [0.717, 1.165) is 12.5 Å². The Hall–Kier alpha value is -1.19. The molecule has 1 nitrogen and oxygen atoms in total. The minimum Gasteiger partial charge on any atom is -0.380 e. The van der Waals surface area contributed by atoms with E-state index in [1.54, 1.807) is 0 Å². The van der Waals surface area contributed by atoms with Crippen molar-refractivity contribution in [2.45, 2.75) is 32.2 Å². The van der Waals surface area contributed by atoms with Crippen molar-refractivity contribution in [2.75, 3.05) is 5.32 Å². The lowest BCUT2D eigenvalue weighted by Gasteiger charge is -2.15. The van der Waals surface area contributed by atoms with Crippen molar-refractivity contribution >= 4 is 5.69 Å². The van der Waals surface area contributed by atoms with Crippen molar-refractivity contribution in [1.29, 1.82) is 0 Å². The van der Waals surface area contributed by atoms with Crippen LogP contribution in [0.3, 0.4) is 0 Å².